The Morgan fingerprint density at radius 3 is 3.09 bits per heavy atom. The predicted octanol–water partition coefficient (Wildman–Crippen LogP) is 0.294. The highest BCUT2D eigenvalue weighted by atomic mass is 16.5. The van der Waals surface area contributed by atoms with Crippen molar-refractivity contribution in [3.8, 4) is 12.0 Å². The third kappa shape index (κ3) is 1.48. The minimum Gasteiger partial charge on any atom is -0.479 e. The second-order valence-corrected chi connectivity index (χ2v) is 2.06. The monoisotopic (exact) mass is 153 g/mol. The fraction of sp³-hybridized carbons (Fsp3) is 0.333. The van der Waals surface area contributed by atoms with E-state index >= 15 is 0 Å². The summed E-state index contributed by atoms with van der Waals surface area (Å²) in [6.07, 6.45) is 1.44. The summed E-state index contributed by atoms with van der Waals surface area (Å²) in [7, 11) is 0. The molecule has 5 nitrogen and oxygen atoms in total. The van der Waals surface area contributed by atoms with Gasteiger partial charge in [-0.15, -0.1) is 0 Å². The van der Waals surface area contributed by atoms with E-state index in [9.17, 15) is 0 Å². The SMILES string of the molecule is N#CC[C@H](N)c1cnoc1O. The van der Waals surface area contributed by atoms with Crippen molar-refractivity contribution in [2.24, 2.45) is 5.73 Å². The van der Waals surface area contributed by atoms with Gasteiger partial charge in [-0.2, -0.15) is 5.26 Å². The molecule has 0 aliphatic rings. The summed E-state index contributed by atoms with van der Waals surface area (Å²) >= 11 is 0. The highest BCUT2D eigenvalue weighted by Crippen LogP contribution is 2.22. The molecule has 58 valence electrons. The van der Waals surface area contributed by atoms with Crippen LogP contribution in [-0.4, -0.2) is 10.3 Å². The molecule has 1 rings (SSSR count). The minimum absolute atomic E-state index is 0.134. The van der Waals surface area contributed by atoms with Crippen molar-refractivity contribution in [1.29, 1.82) is 5.26 Å². The van der Waals surface area contributed by atoms with Crippen LogP contribution in [0.4, 0.5) is 0 Å². The Bertz CT molecular complexity index is 276. The second kappa shape index (κ2) is 3.03. The van der Waals surface area contributed by atoms with Crippen molar-refractivity contribution in [3.63, 3.8) is 0 Å². The van der Waals surface area contributed by atoms with Crippen LogP contribution in [0.1, 0.15) is 18.0 Å². The molecule has 3 N–H and O–H groups in total. The topological polar surface area (TPSA) is 96.1 Å². The molecule has 11 heavy (non-hydrogen) atoms. The highest BCUT2D eigenvalue weighted by molar-refractivity contribution is 5.22. The molecule has 0 aliphatic carbocycles. The first-order valence-electron chi connectivity index (χ1n) is 3.01. The fourth-order valence-corrected chi connectivity index (χ4v) is 0.704. The van der Waals surface area contributed by atoms with Crippen LogP contribution in [0.25, 0.3) is 0 Å². The van der Waals surface area contributed by atoms with Crippen molar-refractivity contribution >= 4 is 0 Å². The van der Waals surface area contributed by atoms with E-state index in [4.69, 9.17) is 16.1 Å². The number of hydrogen-bond donors (Lipinski definition) is 2. The second-order valence-electron chi connectivity index (χ2n) is 2.06. The highest BCUT2D eigenvalue weighted by Gasteiger charge is 2.13. The summed E-state index contributed by atoms with van der Waals surface area (Å²) in [4.78, 5) is 0. The molecule has 0 saturated carbocycles. The molecular formula is C6H7N3O2. The predicted molar refractivity (Wildman–Crippen MR) is 35.3 cm³/mol. The zero-order valence-electron chi connectivity index (χ0n) is 5.69. The quantitative estimate of drug-likeness (QED) is 0.636. The van der Waals surface area contributed by atoms with Crippen LogP contribution in [-0.2, 0) is 0 Å². The van der Waals surface area contributed by atoms with E-state index in [-0.39, 0.29) is 12.4 Å². The van der Waals surface area contributed by atoms with Crippen molar-refractivity contribution in [3.05, 3.63) is 11.8 Å². The number of nitriles is 1. The molecule has 0 aromatic carbocycles. The third-order valence-electron chi connectivity index (χ3n) is 1.29. The van der Waals surface area contributed by atoms with Crippen molar-refractivity contribution in [2.75, 3.05) is 0 Å². The van der Waals surface area contributed by atoms with Gasteiger partial charge in [0.05, 0.1) is 30.3 Å². The smallest absolute Gasteiger partial charge is 0.313 e. The maximum atomic E-state index is 8.93. The maximum absolute atomic E-state index is 8.93. The number of hydrogen-bond acceptors (Lipinski definition) is 5. The molecule has 0 fully saturated rings. The number of aromatic hydroxyl groups is 1. The lowest BCUT2D eigenvalue weighted by molar-refractivity contribution is 0.273. The average molecular weight is 153 g/mol. The number of aromatic nitrogens is 1. The average Bonchev–Trinajstić information content (AvgIpc) is 2.36. The molecule has 1 aromatic rings. The Balaban J connectivity index is 2.77. The van der Waals surface area contributed by atoms with Gasteiger partial charge in [0.2, 0.25) is 0 Å². The summed E-state index contributed by atoms with van der Waals surface area (Å²) in [5.74, 6) is -0.312. The van der Waals surface area contributed by atoms with Crippen molar-refractivity contribution < 1.29 is 9.63 Å². The molecule has 5 heteroatoms. The van der Waals surface area contributed by atoms with Gasteiger partial charge in [-0.1, -0.05) is 5.16 Å². The van der Waals surface area contributed by atoms with Gasteiger partial charge in [0.15, 0.2) is 0 Å². The van der Waals surface area contributed by atoms with Crippen LogP contribution in [0, 0.1) is 11.3 Å². The summed E-state index contributed by atoms with van der Waals surface area (Å²) in [6, 6.07) is 1.36. The molecule has 0 amide bonds. The summed E-state index contributed by atoms with van der Waals surface area (Å²) < 4.78 is 4.35. The number of nitrogens with zero attached hydrogens (tertiary/aromatic N) is 2. The van der Waals surface area contributed by atoms with E-state index in [0.29, 0.717) is 5.56 Å². The Hall–Kier alpha value is -1.54. The molecular weight excluding hydrogens is 146 g/mol. The number of rotatable bonds is 2. The van der Waals surface area contributed by atoms with Gasteiger partial charge in [-0.3, -0.25) is 0 Å². The molecule has 1 aromatic heterocycles. The van der Waals surface area contributed by atoms with E-state index in [1.807, 2.05) is 6.07 Å². The zero-order valence-corrected chi connectivity index (χ0v) is 5.69. The minimum atomic E-state index is -0.522. The molecule has 0 bridgehead atoms. The fourth-order valence-electron chi connectivity index (χ4n) is 0.704. The first-order valence-corrected chi connectivity index (χ1v) is 3.01. The van der Waals surface area contributed by atoms with Gasteiger partial charge in [0, 0.05) is 0 Å². The first kappa shape index (κ1) is 7.57. The normalized spacial score (nSPS) is 12.4. The van der Waals surface area contributed by atoms with Crippen LogP contribution >= 0.6 is 0 Å². The summed E-state index contributed by atoms with van der Waals surface area (Å²) in [5.41, 5.74) is 5.84. The lowest BCUT2D eigenvalue weighted by Crippen LogP contribution is -2.08. The standard InChI is InChI=1S/C6H7N3O2/c7-2-1-5(8)4-3-9-11-6(4)10/h3,5,10H,1,8H2/t5-/m0/s1. The third-order valence-corrected chi connectivity index (χ3v) is 1.29. The van der Waals surface area contributed by atoms with Gasteiger partial charge in [-0.05, 0) is 0 Å². The van der Waals surface area contributed by atoms with Crippen LogP contribution in [0.5, 0.6) is 5.95 Å². The van der Waals surface area contributed by atoms with Gasteiger partial charge in [-0.25, -0.2) is 0 Å². The Kier molecular flexibility index (Phi) is 2.09. The van der Waals surface area contributed by atoms with E-state index in [1.54, 1.807) is 0 Å². The first-order chi connectivity index (χ1) is 5.25. The van der Waals surface area contributed by atoms with Crippen LogP contribution in [0.2, 0.25) is 0 Å². The largest absolute Gasteiger partial charge is 0.479 e. The van der Waals surface area contributed by atoms with Crippen LogP contribution in [0.3, 0.4) is 0 Å². The van der Waals surface area contributed by atoms with Crippen LogP contribution in [0.15, 0.2) is 10.7 Å². The Morgan fingerprint density at radius 1 is 1.91 bits per heavy atom. The Labute approximate surface area is 63.0 Å². The molecule has 1 atom stereocenters. The zero-order chi connectivity index (χ0) is 8.27. The lowest BCUT2D eigenvalue weighted by atomic mass is 10.1. The van der Waals surface area contributed by atoms with Gasteiger partial charge in [0.1, 0.15) is 0 Å². The molecule has 0 unspecified atom stereocenters. The summed E-state index contributed by atoms with van der Waals surface area (Å²) in [5, 5.41) is 20.5. The lowest BCUT2D eigenvalue weighted by Gasteiger charge is -2.01. The van der Waals surface area contributed by atoms with E-state index in [1.165, 1.54) is 6.20 Å². The number of nitrogens with two attached hydrogens (primary N) is 1. The molecule has 0 saturated heterocycles. The van der Waals surface area contributed by atoms with Crippen LogP contribution < -0.4 is 5.73 Å². The van der Waals surface area contributed by atoms with E-state index in [0.717, 1.165) is 0 Å². The van der Waals surface area contributed by atoms with Crippen molar-refractivity contribution in [2.45, 2.75) is 12.5 Å². The summed E-state index contributed by atoms with van der Waals surface area (Å²) in [6.45, 7) is 0. The van der Waals surface area contributed by atoms with Gasteiger partial charge in [0.25, 0.3) is 0 Å². The van der Waals surface area contributed by atoms with E-state index < -0.39 is 6.04 Å². The van der Waals surface area contributed by atoms with Gasteiger partial charge < -0.3 is 15.4 Å². The molecule has 0 radical (unpaired) electrons. The van der Waals surface area contributed by atoms with Crippen molar-refractivity contribution in [1.82, 2.24) is 5.16 Å². The molecule has 1 heterocycles. The maximum Gasteiger partial charge on any atom is 0.313 e. The Morgan fingerprint density at radius 2 is 2.64 bits per heavy atom. The van der Waals surface area contributed by atoms with E-state index in [2.05, 4.69) is 9.68 Å². The van der Waals surface area contributed by atoms with Gasteiger partial charge >= 0.3 is 5.95 Å². The molecule has 0 spiro atoms. The molecule has 0 aliphatic heterocycles.